The molecule has 2 spiro atoms. The van der Waals surface area contributed by atoms with Crippen molar-refractivity contribution < 1.29 is 29.4 Å². The Bertz CT molecular complexity index is 1940. The van der Waals surface area contributed by atoms with Crippen LogP contribution in [-0.4, -0.2) is 112 Å². The van der Waals surface area contributed by atoms with Crippen LogP contribution < -0.4 is 10.6 Å². The fourth-order valence-electron chi connectivity index (χ4n) is 9.80. The minimum Gasteiger partial charge on any atom is -0.388 e. The van der Waals surface area contributed by atoms with Gasteiger partial charge < -0.3 is 30.6 Å². The van der Waals surface area contributed by atoms with Gasteiger partial charge in [-0.25, -0.2) is 0 Å². The highest BCUT2D eigenvalue weighted by atomic mass is 33.7. The molecule has 12 rings (SSSR count). The number of aliphatic hydroxyl groups excluding tert-OH is 2. The van der Waals surface area contributed by atoms with Crippen LogP contribution in [0.4, 0.5) is 11.4 Å². The van der Waals surface area contributed by atoms with Crippen molar-refractivity contribution in [3.05, 3.63) is 59.7 Å². The maximum absolute atomic E-state index is 15.0. The maximum Gasteiger partial charge on any atom is 0.264 e. The number of rotatable bonds is 1. The number of piperazine rings is 2. The molecule has 10 aliphatic rings. The Morgan fingerprint density at radius 2 is 1.02 bits per heavy atom. The predicted molar refractivity (Wildman–Crippen MR) is 190 cm³/mol. The summed E-state index contributed by atoms with van der Waals surface area (Å²) in [5.74, 6) is -1.56. The Morgan fingerprint density at radius 3 is 1.52 bits per heavy atom. The van der Waals surface area contributed by atoms with E-state index in [0.29, 0.717) is 22.5 Å². The van der Waals surface area contributed by atoms with E-state index in [-0.39, 0.29) is 11.8 Å². The van der Waals surface area contributed by atoms with E-state index in [4.69, 9.17) is 0 Å². The van der Waals surface area contributed by atoms with Crippen LogP contribution in [0.25, 0.3) is 0 Å². The fourth-order valence-corrected chi connectivity index (χ4v) is 21.0. The first-order chi connectivity index (χ1) is 22.8. The molecule has 2 aromatic rings. The third-order valence-corrected chi connectivity index (χ3v) is 23.2. The largest absolute Gasteiger partial charge is 0.388 e. The summed E-state index contributed by atoms with van der Waals surface area (Å²) in [5.41, 5.74) is -0.853. The highest BCUT2D eigenvalue weighted by Gasteiger charge is 2.92. The first-order valence-electron chi connectivity index (χ1n) is 15.2. The van der Waals surface area contributed by atoms with Crippen molar-refractivity contribution in [1.29, 1.82) is 0 Å². The number of likely N-dealkylation sites (N-methyl/N-ethyl adjacent to an activating group) is 2. The second-order valence-corrected chi connectivity index (χ2v) is 22.7. The van der Waals surface area contributed by atoms with Gasteiger partial charge in [0.1, 0.15) is 24.5 Å². The number of carbonyl (C=O) groups is 4. The van der Waals surface area contributed by atoms with E-state index < -0.39 is 66.7 Å². The number of carbonyl (C=O) groups excluding carboxylic acids is 4. The Labute approximate surface area is 298 Å². The van der Waals surface area contributed by atoms with Gasteiger partial charge in [0.2, 0.25) is 9.74 Å². The van der Waals surface area contributed by atoms with Crippen LogP contribution in [0.1, 0.15) is 25.0 Å². The second-order valence-electron chi connectivity index (χ2n) is 13.6. The van der Waals surface area contributed by atoms with Gasteiger partial charge in [-0.1, -0.05) is 47.2 Å². The molecule has 0 saturated carbocycles. The molecule has 10 atom stereocenters. The molecule has 8 fully saturated rings. The predicted octanol–water partition coefficient (Wildman–Crippen LogP) is 2.63. The van der Waals surface area contributed by atoms with Crippen molar-refractivity contribution >= 4 is 97.8 Å². The van der Waals surface area contributed by atoms with Gasteiger partial charge >= 0.3 is 0 Å². The molecule has 0 aromatic heterocycles. The van der Waals surface area contributed by atoms with Gasteiger partial charge in [-0.15, -0.1) is 0 Å². The lowest BCUT2D eigenvalue weighted by Crippen LogP contribution is -2.77. The molecule has 12 nitrogen and oxygen atoms in total. The van der Waals surface area contributed by atoms with E-state index in [1.807, 2.05) is 48.5 Å². The summed E-state index contributed by atoms with van der Waals surface area (Å²) in [6.45, 7) is 3.43. The van der Waals surface area contributed by atoms with Crippen molar-refractivity contribution in [3.63, 3.8) is 0 Å². The Hall–Kier alpha value is -2.06. The molecule has 4 amide bonds. The zero-order valence-corrected chi connectivity index (χ0v) is 30.6. The smallest absolute Gasteiger partial charge is 0.264 e. The van der Waals surface area contributed by atoms with Gasteiger partial charge in [0.05, 0.1) is 10.8 Å². The third-order valence-electron chi connectivity index (χ3n) is 12.2. The Kier molecular flexibility index (Phi) is 5.79. The number of benzene rings is 2. The summed E-state index contributed by atoms with van der Waals surface area (Å²) >= 11 is 0. The number of hydrogen-bond donors (Lipinski definition) is 4. The van der Waals surface area contributed by atoms with E-state index in [0.717, 1.165) is 10.8 Å². The van der Waals surface area contributed by atoms with Gasteiger partial charge in [-0.3, -0.25) is 29.0 Å². The summed E-state index contributed by atoms with van der Waals surface area (Å²) in [7, 11) is 10.7. The molecule has 250 valence electrons. The van der Waals surface area contributed by atoms with Crippen molar-refractivity contribution in [3.8, 4) is 0 Å². The van der Waals surface area contributed by atoms with Crippen LogP contribution >= 0.6 is 62.8 Å². The lowest BCUT2D eigenvalue weighted by atomic mass is 9.52. The number of para-hydroxylation sites is 2. The molecule has 10 heterocycles. The van der Waals surface area contributed by atoms with Crippen LogP contribution in [0.2, 0.25) is 0 Å². The van der Waals surface area contributed by atoms with Crippen LogP contribution in [0, 0.1) is 0 Å². The number of nitrogens with one attached hydrogen (secondary N) is 2. The lowest BCUT2D eigenvalue weighted by molar-refractivity contribution is -0.166. The summed E-state index contributed by atoms with van der Waals surface area (Å²) in [6.07, 6.45) is -5.31. The molecule has 2 aromatic carbocycles. The topological polar surface area (TPSA) is 146 Å². The van der Waals surface area contributed by atoms with E-state index >= 15 is 4.79 Å². The highest BCUT2D eigenvalue weighted by Crippen LogP contribution is 2.78. The normalized spacial score (nSPS) is 46.0. The molecule has 8 saturated heterocycles. The van der Waals surface area contributed by atoms with Crippen LogP contribution in [-0.2, 0) is 30.0 Å². The van der Waals surface area contributed by atoms with E-state index in [1.54, 1.807) is 27.9 Å². The Balaban J connectivity index is 1.35. The van der Waals surface area contributed by atoms with Crippen LogP contribution in [0.3, 0.4) is 0 Å². The number of hydrogen-bond acceptors (Lipinski definition) is 14. The van der Waals surface area contributed by atoms with Gasteiger partial charge in [-0.2, -0.15) is 0 Å². The fraction of sp³-hybridized carbons (Fsp3) is 0.467. The summed E-state index contributed by atoms with van der Waals surface area (Å²) in [4.78, 5) is 59.0. The summed E-state index contributed by atoms with van der Waals surface area (Å²) in [5, 5.41) is 34.0. The molecule has 4 N–H and O–H groups in total. The SMILES string of the molecule is CN1C(=O)[C@]23SSSS[C@@]1(C)C(=O)N2[C@H]1Nc2ccccc2[C@@]1([C@@]12c4ccccc4N[C@@H]1N1C(=O)[C@@]4(C)SS[C@@]1(C(=O)N4C)[C@H]2O)[C@@H]3O. The molecule has 48 heavy (non-hydrogen) atoms. The Morgan fingerprint density at radius 1 is 0.604 bits per heavy atom. The summed E-state index contributed by atoms with van der Waals surface area (Å²) < 4.78 is 0. The number of nitrogens with zero attached hydrogens (tertiary/aromatic N) is 4. The average molecular weight is 761 g/mol. The molecule has 0 aliphatic carbocycles. The molecular formula is C30H28N6O6S6. The first kappa shape index (κ1) is 30.7. The van der Waals surface area contributed by atoms with Crippen LogP contribution in [0.5, 0.6) is 0 Å². The van der Waals surface area contributed by atoms with E-state index in [2.05, 4.69) is 10.6 Å². The van der Waals surface area contributed by atoms with E-state index in [9.17, 15) is 24.6 Å². The minimum atomic E-state index is -1.82. The third kappa shape index (κ3) is 2.71. The average Bonchev–Trinajstić information content (AvgIpc) is 3.73. The quantitative estimate of drug-likeness (QED) is 0.316. The maximum atomic E-state index is 15.0. The molecule has 4 bridgehead atoms. The lowest BCUT2D eigenvalue weighted by Gasteiger charge is -2.58. The summed E-state index contributed by atoms with van der Waals surface area (Å²) in [6, 6.07) is 14.8. The molecule has 0 unspecified atom stereocenters. The number of fused-ring (bicyclic) bond motifs is 13. The highest BCUT2D eigenvalue weighted by molar-refractivity contribution is 9.26. The molecular weight excluding hydrogens is 733 g/mol. The van der Waals surface area contributed by atoms with Gasteiger partial charge in [0.15, 0.2) is 9.74 Å². The van der Waals surface area contributed by atoms with Crippen molar-refractivity contribution in [2.75, 3.05) is 24.7 Å². The van der Waals surface area contributed by atoms with Gasteiger partial charge in [0.25, 0.3) is 23.6 Å². The van der Waals surface area contributed by atoms with Crippen molar-refractivity contribution in [2.24, 2.45) is 0 Å². The monoisotopic (exact) mass is 760 g/mol. The van der Waals surface area contributed by atoms with E-state index in [1.165, 1.54) is 71.6 Å². The zero-order chi connectivity index (χ0) is 33.6. The van der Waals surface area contributed by atoms with Gasteiger partial charge in [0, 0.05) is 25.5 Å². The zero-order valence-electron chi connectivity index (χ0n) is 25.7. The number of amides is 4. The van der Waals surface area contributed by atoms with Crippen molar-refractivity contribution in [2.45, 2.75) is 68.7 Å². The molecule has 18 heteroatoms. The standard InChI is InChI=1S/C30H28N6O6S6/c1-25-21(39)35-19-27(13-9-5-7-11-15(13)31-19,17(37)29(35,45-43-25)23(41)33(25)3)28-14-10-6-8-12-16(14)32-20(28)36-22(40)26(2)34(4)24(42)30(36,18(28)38)46-48-47-44-26/h5-12,17-20,31-32,37-38H,1-4H3/t17-,18-,19+,20+,25+,26-,27+,28+,29+,30-/m0/s1. The molecule has 10 aliphatic heterocycles. The first-order valence-corrected chi connectivity index (χ1v) is 22.2. The van der Waals surface area contributed by atoms with Crippen molar-refractivity contribution in [1.82, 2.24) is 19.6 Å². The van der Waals surface area contributed by atoms with Gasteiger partial charge in [-0.05, 0) is 89.1 Å². The number of aliphatic hydroxyl groups is 2. The number of anilines is 2. The minimum absolute atomic E-state index is 0.346. The van der Waals surface area contributed by atoms with Crippen LogP contribution in [0.15, 0.2) is 48.5 Å². The second kappa shape index (κ2) is 9.05. The molecule has 0 radical (unpaired) electrons.